The molecule has 9 rings (SSSR count). The van der Waals surface area contributed by atoms with Crippen LogP contribution in [0.3, 0.4) is 0 Å². The summed E-state index contributed by atoms with van der Waals surface area (Å²) in [5.74, 6) is -12.0. The summed E-state index contributed by atoms with van der Waals surface area (Å²) in [6.45, 7) is 18.6. The maximum absolute atomic E-state index is 15.9. The maximum Gasteiger partial charge on any atom is 0.408 e. The van der Waals surface area contributed by atoms with Crippen molar-refractivity contribution in [2.75, 3.05) is 26.2 Å². The molecule has 0 bridgehead atoms. The number of hydroxylamine groups is 2. The number of carbonyl (C=O) groups is 16. The lowest BCUT2D eigenvalue weighted by molar-refractivity contribution is -0.200. The summed E-state index contributed by atoms with van der Waals surface area (Å²) in [7, 11) is 0. The molecule has 35 nitrogen and oxygen atoms in total. The standard InChI is InChI=1S/C101H130Cl2N14O21/c1-61(2)53-76(108-88(121)75(40-26-50-105-99(132)136-59-69-35-22-15-23-36-69)107-94(127)86(64(7)8)114-100(133)137-101(9,10)11)89(122)110-78(55-65-29-16-12-17-30-65)91(124)112-80(57-67-43-45-70(46-44-67)134-60-71-72(102)37-24-38-73(71)103)95(128)115-51-27-41-81(115)92(125)113-85(63(5)6)93(126)106-74(39-25-49-104-98(131)135-58-68-33-20-14-21-34-68)87(120)109-77(54-62(3)4)90(123)111-79(56-66-31-18-13-19-32-66)96(129)116-52-28-42-82(116)97(130)138-117-83(118)47-48-84(117)119/h12-24,29-38,43-46,61-64,74-82,85-86H,25-28,39-42,47-60H2,1-11H3,(H,104,131)(H,105,132)(H,106,126)(H,107,127)(H,108,121)(H,109,120)(H,110,122)(H,111,123)(H,112,124)(H,113,125)(H,114,133)/t74-,75-,76-,77-,78+,79+,80+,81-,82-,85-,86-/m0/s1. The first-order valence-corrected chi connectivity index (χ1v) is 47.8. The predicted molar refractivity (Wildman–Crippen MR) is 513 cm³/mol. The average molecular weight is 1950 g/mol. The SMILES string of the molecule is CC(C)C[C@H](NC(=O)[C@H](CCCNC(=O)OCc1ccccc1)NC(=O)[C@@H](NC(=O)OC(C)(C)C)C(C)C)C(=O)N[C@H](Cc1ccccc1)C(=O)N[C@H](Cc1ccc(OCc2c(Cl)cccc2Cl)cc1)C(=O)N1CCC[C@H]1C(=O)N[C@H](C(=O)N[C@@H](CCCNC(=O)OCc1ccccc1)C(=O)N[C@@H](CC(C)C)C(=O)N[C@H](Cc1ccccc1)C(=O)N1CCC[C@H]1C(=O)ON1C(=O)CCC1=O)C(C)C. The Balaban J connectivity index is 0.970. The normalized spacial score (nSPS) is 16.1. The Bertz CT molecular complexity index is 5120. The molecule has 11 atom stereocenters. The molecule has 3 fully saturated rings. The van der Waals surface area contributed by atoms with E-state index in [4.69, 9.17) is 47.0 Å². The summed E-state index contributed by atoms with van der Waals surface area (Å²) in [4.78, 5) is 238. The number of hydrogen-bond donors (Lipinski definition) is 11. The summed E-state index contributed by atoms with van der Waals surface area (Å²) in [6.07, 6.45) is -2.68. The summed E-state index contributed by atoms with van der Waals surface area (Å²) >= 11 is 13.0. The zero-order chi connectivity index (χ0) is 100. The number of nitrogens with zero attached hydrogens (tertiary/aromatic N) is 3. The van der Waals surface area contributed by atoms with E-state index in [1.807, 2.05) is 12.1 Å². The fraction of sp³-hybridized carbons (Fsp3) is 0.485. The number of rotatable bonds is 48. The third-order valence-electron chi connectivity index (χ3n) is 23.2. The number of carbonyl (C=O) groups excluding carboxylic acids is 16. The van der Waals surface area contributed by atoms with Crippen molar-refractivity contribution in [1.29, 1.82) is 0 Å². The molecule has 0 saturated carbocycles. The molecule has 11 N–H and O–H groups in total. The largest absolute Gasteiger partial charge is 0.489 e. The highest BCUT2D eigenvalue weighted by molar-refractivity contribution is 6.36. The number of imide groups is 1. The monoisotopic (exact) mass is 1940 g/mol. The van der Waals surface area contributed by atoms with Gasteiger partial charge in [0.05, 0.1) is 0 Å². The van der Waals surface area contributed by atoms with Gasteiger partial charge in [-0.3, -0.25) is 57.5 Å². The topological polar surface area (TPSA) is 461 Å². The number of nitrogens with one attached hydrogen (secondary N) is 11. The van der Waals surface area contributed by atoms with Crippen LogP contribution >= 0.6 is 23.2 Å². The Kier molecular flexibility index (Phi) is 42.1. The summed E-state index contributed by atoms with van der Waals surface area (Å²) < 4.78 is 22.4. The van der Waals surface area contributed by atoms with Crippen LogP contribution in [0.5, 0.6) is 5.75 Å². The van der Waals surface area contributed by atoms with Gasteiger partial charge in [0.15, 0.2) is 0 Å². The van der Waals surface area contributed by atoms with Crippen molar-refractivity contribution in [3.8, 4) is 5.75 Å². The van der Waals surface area contributed by atoms with Crippen molar-refractivity contribution in [3.63, 3.8) is 0 Å². The van der Waals surface area contributed by atoms with Gasteiger partial charge < -0.3 is 92.1 Å². The Labute approximate surface area is 814 Å². The van der Waals surface area contributed by atoms with Crippen LogP contribution in [0.15, 0.2) is 164 Å². The van der Waals surface area contributed by atoms with E-state index in [0.717, 1.165) is 5.56 Å². The van der Waals surface area contributed by atoms with Gasteiger partial charge in [-0.25, -0.2) is 19.2 Å². The van der Waals surface area contributed by atoms with Gasteiger partial charge in [-0.05, 0) is 161 Å². The van der Waals surface area contributed by atoms with Gasteiger partial charge in [-0.2, -0.15) is 0 Å². The second kappa shape index (κ2) is 53.5. The van der Waals surface area contributed by atoms with Crippen molar-refractivity contribution in [2.24, 2.45) is 23.7 Å². The first-order chi connectivity index (χ1) is 65.8. The molecule has 0 unspecified atom stereocenters. The molecule has 744 valence electrons. The third-order valence-corrected chi connectivity index (χ3v) is 23.9. The molecule has 0 aliphatic carbocycles. The second-order valence-electron chi connectivity index (χ2n) is 37.1. The van der Waals surface area contributed by atoms with E-state index in [0.29, 0.717) is 55.1 Å². The van der Waals surface area contributed by atoms with E-state index in [9.17, 15) is 43.2 Å². The van der Waals surface area contributed by atoms with Crippen molar-refractivity contribution in [1.82, 2.24) is 73.3 Å². The Hall–Kier alpha value is -13.2. The molecule has 0 spiro atoms. The van der Waals surface area contributed by atoms with E-state index < -0.39 is 179 Å². The van der Waals surface area contributed by atoms with Crippen LogP contribution < -0.4 is 63.2 Å². The zero-order valence-corrected chi connectivity index (χ0v) is 81.5. The van der Waals surface area contributed by atoms with Crippen LogP contribution in [0.1, 0.15) is 187 Å². The number of benzene rings is 6. The minimum atomic E-state index is -1.51. The van der Waals surface area contributed by atoms with Crippen LogP contribution in [0.25, 0.3) is 0 Å². The highest BCUT2D eigenvalue weighted by Crippen LogP contribution is 2.29. The fourth-order valence-corrected chi connectivity index (χ4v) is 16.5. The van der Waals surface area contributed by atoms with E-state index >= 15 is 33.6 Å². The zero-order valence-electron chi connectivity index (χ0n) is 80.0. The Morgan fingerprint density at radius 2 is 0.768 bits per heavy atom. The molecule has 6 aromatic carbocycles. The lowest BCUT2D eigenvalue weighted by Crippen LogP contribution is -2.61. The van der Waals surface area contributed by atoms with Crippen LogP contribution in [-0.2, 0) is 120 Å². The molecule has 0 radical (unpaired) electrons. The summed E-state index contributed by atoms with van der Waals surface area (Å²) in [5, 5.41) is 31.8. The van der Waals surface area contributed by atoms with E-state index in [1.165, 1.54) is 9.80 Å². The van der Waals surface area contributed by atoms with Crippen molar-refractivity contribution in [2.45, 2.75) is 264 Å². The first-order valence-electron chi connectivity index (χ1n) is 47.0. The number of halogens is 2. The molecule has 6 aromatic rings. The molecular formula is C101H130Cl2N14O21. The number of likely N-dealkylation sites (tertiary alicyclic amines) is 2. The molecule has 3 aliphatic rings. The minimum Gasteiger partial charge on any atom is -0.489 e. The van der Waals surface area contributed by atoms with Gasteiger partial charge in [-0.1, -0.05) is 218 Å². The minimum absolute atomic E-state index is 0.0128. The summed E-state index contributed by atoms with van der Waals surface area (Å²) in [5.41, 5.74) is 2.71. The van der Waals surface area contributed by atoms with Crippen LogP contribution in [0, 0.1) is 23.7 Å². The highest BCUT2D eigenvalue weighted by Gasteiger charge is 2.45. The third kappa shape index (κ3) is 34.5. The fourth-order valence-electron chi connectivity index (χ4n) is 16.0. The van der Waals surface area contributed by atoms with Crippen LogP contribution in [0.4, 0.5) is 14.4 Å². The lowest BCUT2D eigenvalue weighted by Gasteiger charge is -2.32. The molecule has 0 aromatic heterocycles. The van der Waals surface area contributed by atoms with E-state index in [2.05, 4.69) is 58.5 Å². The highest BCUT2D eigenvalue weighted by atomic mass is 35.5. The molecule has 3 aliphatic heterocycles. The number of amides is 15. The molecule has 37 heteroatoms. The van der Waals surface area contributed by atoms with Gasteiger partial charge in [0.1, 0.15) is 97.6 Å². The summed E-state index contributed by atoms with van der Waals surface area (Å²) in [6, 6.07) is 31.7. The number of alkyl carbamates (subject to hydrolysis) is 3. The van der Waals surface area contributed by atoms with E-state index in [-0.39, 0.29) is 148 Å². The molecule has 3 heterocycles. The quantitative estimate of drug-likeness (QED) is 0.00961. The molecule has 138 heavy (non-hydrogen) atoms. The first kappa shape index (κ1) is 108. The van der Waals surface area contributed by atoms with E-state index in [1.54, 1.807) is 228 Å². The van der Waals surface area contributed by atoms with Crippen molar-refractivity contribution < 1.29 is 100 Å². The van der Waals surface area contributed by atoms with Gasteiger partial charge in [0, 0.05) is 73.9 Å². The predicted octanol–water partition coefficient (Wildman–Crippen LogP) is 9.78. The van der Waals surface area contributed by atoms with Gasteiger partial charge >= 0.3 is 24.2 Å². The Morgan fingerprint density at radius 1 is 0.399 bits per heavy atom. The number of hydrogen-bond acceptors (Lipinski definition) is 21. The van der Waals surface area contributed by atoms with Gasteiger partial charge in [-0.15, -0.1) is 5.06 Å². The smallest absolute Gasteiger partial charge is 0.408 e. The van der Waals surface area contributed by atoms with Crippen molar-refractivity contribution >= 4 is 118 Å². The molecular weight excluding hydrogens is 1820 g/mol. The Morgan fingerprint density at radius 3 is 1.20 bits per heavy atom. The van der Waals surface area contributed by atoms with Gasteiger partial charge in [0.25, 0.3) is 11.8 Å². The lowest BCUT2D eigenvalue weighted by atomic mass is 9.99. The van der Waals surface area contributed by atoms with Crippen molar-refractivity contribution in [3.05, 3.63) is 207 Å². The average Bonchev–Trinajstić information content (AvgIpc) is 1.57. The van der Waals surface area contributed by atoms with Gasteiger partial charge in [0.2, 0.25) is 59.1 Å². The molecule has 15 amide bonds. The van der Waals surface area contributed by atoms with Crippen LogP contribution in [0.2, 0.25) is 10.0 Å². The van der Waals surface area contributed by atoms with Crippen LogP contribution in [-0.4, -0.2) is 208 Å². The maximum atomic E-state index is 15.9. The number of ether oxygens (including phenoxy) is 4. The second-order valence-corrected chi connectivity index (χ2v) is 37.9. The molecule has 3 saturated heterocycles.